The Bertz CT molecular complexity index is 397. The molecule has 6 nitrogen and oxygen atoms in total. The molecule has 0 spiro atoms. The van der Waals surface area contributed by atoms with Crippen LogP contribution in [-0.2, 0) is 9.59 Å². The predicted molar refractivity (Wildman–Crippen MR) is 69.3 cm³/mol. The van der Waals surface area contributed by atoms with Crippen molar-refractivity contribution in [3.63, 3.8) is 0 Å². The second kappa shape index (κ2) is 4.83. The molecule has 0 aromatic rings. The summed E-state index contributed by atoms with van der Waals surface area (Å²) in [5.41, 5.74) is -0.320. The van der Waals surface area contributed by atoms with Crippen molar-refractivity contribution in [2.24, 2.45) is 0 Å². The number of nitrogens with zero attached hydrogens (tertiary/aromatic N) is 2. The molecule has 19 heavy (non-hydrogen) atoms. The standard InChI is InChI=1S/C13H21N3O3/c1-4-13(2,3)14-10(17)8-16-11(18)9-6-5-7-15(9)12(16)19/h9H,4-8H2,1-3H3,(H,14,17)/t9-/m1/s1. The lowest BCUT2D eigenvalue weighted by Gasteiger charge is -2.25. The molecule has 0 aliphatic carbocycles. The van der Waals surface area contributed by atoms with E-state index in [1.165, 1.54) is 0 Å². The molecule has 2 aliphatic heterocycles. The van der Waals surface area contributed by atoms with Gasteiger partial charge >= 0.3 is 6.03 Å². The van der Waals surface area contributed by atoms with Crippen LogP contribution in [0.25, 0.3) is 0 Å². The van der Waals surface area contributed by atoms with Crippen LogP contribution in [0, 0.1) is 0 Å². The Labute approximate surface area is 113 Å². The highest BCUT2D eigenvalue weighted by molar-refractivity contribution is 6.06. The van der Waals surface area contributed by atoms with Crippen LogP contribution in [0.5, 0.6) is 0 Å². The molecule has 1 N–H and O–H groups in total. The summed E-state index contributed by atoms with van der Waals surface area (Å²) in [6.45, 7) is 6.25. The highest BCUT2D eigenvalue weighted by atomic mass is 16.2. The topological polar surface area (TPSA) is 69.7 Å². The number of fused-ring (bicyclic) bond motifs is 1. The molecule has 0 aromatic heterocycles. The number of imide groups is 1. The smallest absolute Gasteiger partial charge is 0.327 e. The van der Waals surface area contributed by atoms with Gasteiger partial charge in [0, 0.05) is 12.1 Å². The largest absolute Gasteiger partial charge is 0.350 e. The maximum atomic E-state index is 12.1. The summed E-state index contributed by atoms with van der Waals surface area (Å²) in [5.74, 6) is -0.512. The number of rotatable bonds is 4. The van der Waals surface area contributed by atoms with Crippen molar-refractivity contribution in [1.82, 2.24) is 15.1 Å². The van der Waals surface area contributed by atoms with Crippen LogP contribution in [0.3, 0.4) is 0 Å². The summed E-state index contributed by atoms with van der Waals surface area (Å²) in [7, 11) is 0. The third-order valence-corrected chi connectivity index (χ3v) is 3.94. The normalized spacial score (nSPS) is 23.0. The molecule has 0 radical (unpaired) electrons. The van der Waals surface area contributed by atoms with Gasteiger partial charge in [-0.1, -0.05) is 6.92 Å². The van der Waals surface area contributed by atoms with Crippen LogP contribution >= 0.6 is 0 Å². The average Bonchev–Trinajstić information content (AvgIpc) is 2.89. The van der Waals surface area contributed by atoms with E-state index in [1.807, 2.05) is 20.8 Å². The second-order valence-electron chi connectivity index (χ2n) is 5.84. The number of carbonyl (C=O) groups excluding carboxylic acids is 3. The Morgan fingerprint density at radius 3 is 2.68 bits per heavy atom. The summed E-state index contributed by atoms with van der Waals surface area (Å²) in [6.07, 6.45) is 2.36. The Hall–Kier alpha value is -1.59. The number of amides is 4. The molecule has 6 heteroatoms. The van der Waals surface area contributed by atoms with Gasteiger partial charge < -0.3 is 10.2 Å². The van der Waals surface area contributed by atoms with Crippen LogP contribution in [0.2, 0.25) is 0 Å². The van der Waals surface area contributed by atoms with Crippen molar-refractivity contribution in [1.29, 1.82) is 0 Å². The van der Waals surface area contributed by atoms with E-state index in [2.05, 4.69) is 5.32 Å². The Balaban J connectivity index is 1.98. The van der Waals surface area contributed by atoms with Crippen LogP contribution in [0.4, 0.5) is 4.79 Å². The minimum atomic E-state index is -0.334. The van der Waals surface area contributed by atoms with Gasteiger partial charge in [-0.25, -0.2) is 4.79 Å². The highest BCUT2D eigenvalue weighted by Gasteiger charge is 2.47. The number of hydrogen-bond acceptors (Lipinski definition) is 3. The second-order valence-corrected chi connectivity index (χ2v) is 5.84. The van der Waals surface area contributed by atoms with Crippen LogP contribution in [0.15, 0.2) is 0 Å². The quantitative estimate of drug-likeness (QED) is 0.763. The van der Waals surface area contributed by atoms with Gasteiger partial charge in [0.05, 0.1) is 0 Å². The number of nitrogens with one attached hydrogen (secondary N) is 1. The molecule has 2 saturated heterocycles. The molecule has 2 aliphatic rings. The first-order valence-electron chi connectivity index (χ1n) is 6.78. The zero-order chi connectivity index (χ0) is 14.2. The molecule has 0 saturated carbocycles. The predicted octanol–water partition coefficient (Wildman–Crippen LogP) is 0.718. The molecule has 2 rings (SSSR count). The minimum Gasteiger partial charge on any atom is -0.350 e. The lowest BCUT2D eigenvalue weighted by molar-refractivity contribution is -0.133. The fourth-order valence-corrected chi connectivity index (χ4v) is 2.48. The van der Waals surface area contributed by atoms with Gasteiger partial charge in [-0.2, -0.15) is 0 Å². The SMILES string of the molecule is CCC(C)(C)NC(=O)CN1C(=O)[C@H]2CCCN2C1=O. The van der Waals surface area contributed by atoms with Crippen molar-refractivity contribution in [3.8, 4) is 0 Å². The van der Waals surface area contributed by atoms with Crippen molar-refractivity contribution in [3.05, 3.63) is 0 Å². The molecule has 2 heterocycles. The maximum Gasteiger partial charge on any atom is 0.327 e. The van der Waals surface area contributed by atoms with E-state index in [0.717, 1.165) is 17.7 Å². The van der Waals surface area contributed by atoms with Gasteiger partial charge in [0.1, 0.15) is 12.6 Å². The summed E-state index contributed by atoms with van der Waals surface area (Å²) in [5, 5.41) is 2.84. The van der Waals surface area contributed by atoms with Crippen molar-refractivity contribution in [2.45, 2.75) is 51.6 Å². The minimum absolute atomic E-state index is 0.173. The molecule has 0 bridgehead atoms. The first kappa shape index (κ1) is 13.8. The molecule has 2 fully saturated rings. The molecule has 0 unspecified atom stereocenters. The fourth-order valence-electron chi connectivity index (χ4n) is 2.48. The van der Waals surface area contributed by atoms with Gasteiger partial charge in [-0.15, -0.1) is 0 Å². The van der Waals surface area contributed by atoms with E-state index in [-0.39, 0.29) is 36.0 Å². The summed E-state index contributed by atoms with van der Waals surface area (Å²) < 4.78 is 0. The number of urea groups is 1. The zero-order valence-electron chi connectivity index (χ0n) is 11.7. The van der Waals surface area contributed by atoms with Crippen LogP contribution < -0.4 is 5.32 Å². The van der Waals surface area contributed by atoms with Gasteiger partial charge in [-0.05, 0) is 33.1 Å². The number of hydrogen-bond donors (Lipinski definition) is 1. The monoisotopic (exact) mass is 267 g/mol. The first-order valence-corrected chi connectivity index (χ1v) is 6.78. The third kappa shape index (κ3) is 2.57. The third-order valence-electron chi connectivity index (χ3n) is 3.94. The molecular weight excluding hydrogens is 246 g/mol. The van der Waals surface area contributed by atoms with Gasteiger partial charge in [0.25, 0.3) is 5.91 Å². The summed E-state index contributed by atoms with van der Waals surface area (Å²) in [6, 6.07) is -0.656. The van der Waals surface area contributed by atoms with Crippen molar-refractivity contribution < 1.29 is 14.4 Å². The van der Waals surface area contributed by atoms with Gasteiger partial charge in [0.2, 0.25) is 5.91 Å². The summed E-state index contributed by atoms with van der Waals surface area (Å²) >= 11 is 0. The van der Waals surface area contributed by atoms with Gasteiger partial charge in [0.15, 0.2) is 0 Å². The van der Waals surface area contributed by atoms with E-state index in [0.29, 0.717) is 13.0 Å². The van der Waals surface area contributed by atoms with E-state index >= 15 is 0 Å². The van der Waals surface area contributed by atoms with Crippen LogP contribution in [0.1, 0.15) is 40.0 Å². The Morgan fingerprint density at radius 2 is 2.11 bits per heavy atom. The van der Waals surface area contributed by atoms with Crippen LogP contribution in [-0.4, -0.2) is 52.3 Å². The maximum absolute atomic E-state index is 12.1. The molecule has 4 amide bonds. The lowest BCUT2D eigenvalue weighted by Crippen LogP contribution is -2.49. The Kier molecular flexibility index (Phi) is 3.52. The lowest BCUT2D eigenvalue weighted by atomic mass is 10.0. The number of carbonyl (C=O) groups is 3. The summed E-state index contributed by atoms with van der Waals surface area (Å²) in [4.78, 5) is 38.6. The van der Waals surface area contributed by atoms with E-state index in [9.17, 15) is 14.4 Å². The van der Waals surface area contributed by atoms with E-state index in [4.69, 9.17) is 0 Å². The molecular formula is C13H21N3O3. The Morgan fingerprint density at radius 1 is 1.42 bits per heavy atom. The zero-order valence-corrected chi connectivity index (χ0v) is 11.7. The molecule has 106 valence electrons. The molecule has 1 atom stereocenters. The molecule has 0 aromatic carbocycles. The van der Waals surface area contributed by atoms with E-state index < -0.39 is 0 Å². The highest BCUT2D eigenvalue weighted by Crippen LogP contribution is 2.27. The fraction of sp³-hybridized carbons (Fsp3) is 0.769. The van der Waals surface area contributed by atoms with Gasteiger partial charge in [-0.3, -0.25) is 14.5 Å². The first-order chi connectivity index (χ1) is 8.85. The van der Waals surface area contributed by atoms with E-state index in [1.54, 1.807) is 4.90 Å². The van der Waals surface area contributed by atoms with Crippen molar-refractivity contribution >= 4 is 17.8 Å². The average molecular weight is 267 g/mol. The van der Waals surface area contributed by atoms with Crippen molar-refractivity contribution in [2.75, 3.05) is 13.1 Å².